The third-order valence-electron chi connectivity index (χ3n) is 2.39. The molecule has 0 aliphatic rings. The van der Waals surface area contributed by atoms with Crippen molar-refractivity contribution in [1.82, 2.24) is 15.3 Å². The van der Waals surface area contributed by atoms with Crippen LogP contribution in [0.15, 0.2) is 12.5 Å². The predicted molar refractivity (Wildman–Crippen MR) is 58.6 cm³/mol. The van der Waals surface area contributed by atoms with Gasteiger partial charge in [-0.1, -0.05) is 6.92 Å². The summed E-state index contributed by atoms with van der Waals surface area (Å²) in [5.41, 5.74) is 0.644. The average molecular weight is 241 g/mol. The van der Waals surface area contributed by atoms with Crippen molar-refractivity contribution in [2.24, 2.45) is 0 Å². The topological polar surface area (TPSA) is 115 Å². The van der Waals surface area contributed by atoms with E-state index in [1.165, 1.54) is 12.5 Å². The van der Waals surface area contributed by atoms with Crippen LogP contribution in [-0.4, -0.2) is 44.2 Å². The van der Waals surface area contributed by atoms with E-state index in [0.717, 1.165) is 0 Å². The Kier molecular flexibility index (Phi) is 4.65. The second-order valence-electron chi connectivity index (χ2n) is 3.64. The van der Waals surface area contributed by atoms with Crippen LogP contribution in [0.1, 0.15) is 19.0 Å². The summed E-state index contributed by atoms with van der Waals surface area (Å²) in [4.78, 5) is 28.4. The van der Waals surface area contributed by atoms with E-state index >= 15 is 0 Å². The van der Waals surface area contributed by atoms with Crippen molar-refractivity contribution in [3.05, 3.63) is 18.2 Å². The second-order valence-corrected chi connectivity index (χ2v) is 3.64. The Balaban J connectivity index is 2.66. The summed E-state index contributed by atoms with van der Waals surface area (Å²) >= 11 is 0. The highest BCUT2D eigenvalue weighted by molar-refractivity contribution is 5.77. The van der Waals surface area contributed by atoms with E-state index in [1.807, 2.05) is 0 Å². The largest absolute Gasteiger partial charge is 0.480 e. The number of carbonyl (C=O) groups is 2. The Labute approximate surface area is 97.9 Å². The van der Waals surface area contributed by atoms with Crippen molar-refractivity contribution in [3.63, 3.8) is 0 Å². The first-order chi connectivity index (χ1) is 8.04. The van der Waals surface area contributed by atoms with E-state index in [9.17, 15) is 9.59 Å². The minimum atomic E-state index is -1.08. The van der Waals surface area contributed by atoms with Crippen LogP contribution >= 0.6 is 0 Å². The summed E-state index contributed by atoms with van der Waals surface area (Å²) in [7, 11) is 0. The zero-order valence-corrected chi connectivity index (χ0v) is 9.38. The molecular weight excluding hydrogens is 226 g/mol. The fraction of sp³-hybridized carbons (Fsp3) is 0.500. The Morgan fingerprint density at radius 2 is 2.06 bits per heavy atom. The van der Waals surface area contributed by atoms with Gasteiger partial charge in [0.1, 0.15) is 12.1 Å². The number of imidazole rings is 1. The van der Waals surface area contributed by atoms with Crippen LogP contribution in [0.2, 0.25) is 0 Å². The van der Waals surface area contributed by atoms with Gasteiger partial charge in [-0.25, -0.2) is 4.98 Å². The van der Waals surface area contributed by atoms with Crippen molar-refractivity contribution >= 4 is 11.9 Å². The number of nitrogens with one attached hydrogen (secondary N) is 2. The first kappa shape index (κ1) is 13.2. The predicted octanol–water partition coefficient (Wildman–Crippen LogP) is -0.142. The quantitative estimate of drug-likeness (QED) is 0.528. The summed E-state index contributed by atoms with van der Waals surface area (Å²) in [6.45, 7) is 1.68. The highest BCUT2D eigenvalue weighted by Gasteiger charge is 2.25. The van der Waals surface area contributed by atoms with E-state index in [4.69, 9.17) is 10.2 Å². The molecule has 17 heavy (non-hydrogen) atoms. The molecule has 1 aromatic heterocycles. The lowest BCUT2D eigenvalue weighted by atomic mass is 10.1. The van der Waals surface area contributed by atoms with E-state index in [0.29, 0.717) is 12.1 Å². The molecule has 1 unspecified atom stereocenters. The lowest BCUT2D eigenvalue weighted by Crippen LogP contribution is -2.48. The molecule has 1 aromatic rings. The van der Waals surface area contributed by atoms with Crippen molar-refractivity contribution in [2.75, 3.05) is 0 Å². The van der Waals surface area contributed by atoms with Crippen molar-refractivity contribution in [2.45, 2.75) is 31.8 Å². The highest BCUT2D eigenvalue weighted by Crippen LogP contribution is 2.02. The minimum absolute atomic E-state index is 0.166. The summed E-state index contributed by atoms with van der Waals surface area (Å²) < 4.78 is 0. The summed E-state index contributed by atoms with van der Waals surface area (Å²) in [5.74, 6) is -2.14. The van der Waals surface area contributed by atoms with Crippen LogP contribution in [0, 0.1) is 0 Å². The van der Waals surface area contributed by atoms with Crippen LogP contribution < -0.4 is 5.32 Å². The van der Waals surface area contributed by atoms with Gasteiger partial charge in [-0.15, -0.1) is 0 Å². The van der Waals surface area contributed by atoms with Gasteiger partial charge in [0.2, 0.25) is 0 Å². The number of aromatic nitrogens is 2. The number of carboxylic acids is 2. The Morgan fingerprint density at radius 3 is 2.47 bits per heavy atom. The number of H-pyrrole nitrogens is 1. The summed E-state index contributed by atoms with van der Waals surface area (Å²) in [6.07, 6.45) is 3.45. The molecule has 0 radical (unpaired) electrons. The molecule has 0 aliphatic heterocycles. The molecule has 7 nitrogen and oxygen atoms in total. The zero-order chi connectivity index (χ0) is 12.8. The van der Waals surface area contributed by atoms with E-state index in [-0.39, 0.29) is 6.42 Å². The number of nitrogens with zero attached hydrogens (tertiary/aromatic N) is 1. The molecule has 0 aliphatic carbocycles. The monoisotopic (exact) mass is 241 g/mol. The zero-order valence-electron chi connectivity index (χ0n) is 9.38. The number of carboxylic acid groups (broad SMARTS) is 2. The van der Waals surface area contributed by atoms with Crippen LogP contribution in [0.4, 0.5) is 0 Å². The minimum Gasteiger partial charge on any atom is -0.480 e. The maximum absolute atomic E-state index is 11.0. The number of hydrogen-bond acceptors (Lipinski definition) is 4. The van der Waals surface area contributed by atoms with Crippen LogP contribution in [0.25, 0.3) is 0 Å². The van der Waals surface area contributed by atoms with Gasteiger partial charge in [-0.3, -0.25) is 14.9 Å². The lowest BCUT2D eigenvalue weighted by Gasteiger charge is -2.18. The fourth-order valence-electron chi connectivity index (χ4n) is 1.44. The summed E-state index contributed by atoms with van der Waals surface area (Å²) in [5, 5.41) is 20.5. The van der Waals surface area contributed by atoms with Crippen LogP contribution in [0.3, 0.4) is 0 Å². The molecule has 94 valence electrons. The molecule has 2 atom stereocenters. The summed E-state index contributed by atoms with van der Waals surface area (Å²) in [6, 6.07) is -1.81. The van der Waals surface area contributed by atoms with Crippen molar-refractivity contribution < 1.29 is 19.8 Å². The number of aliphatic carboxylic acids is 2. The Hall–Kier alpha value is -1.89. The SMILES string of the molecule is CCC(N[C@@H](Cc1cnc[nH]1)C(=O)O)C(=O)O. The number of aromatic amines is 1. The second kappa shape index (κ2) is 6.00. The first-order valence-corrected chi connectivity index (χ1v) is 5.23. The Morgan fingerprint density at radius 1 is 1.41 bits per heavy atom. The molecule has 1 rings (SSSR count). The van der Waals surface area contributed by atoms with Gasteiger partial charge in [0.15, 0.2) is 0 Å². The standard InChI is InChI=1S/C10H15N3O4/c1-2-7(9(14)15)13-8(10(16)17)3-6-4-11-5-12-6/h4-5,7-8,13H,2-3H2,1H3,(H,11,12)(H,14,15)(H,16,17)/t7?,8-/m0/s1. The maximum atomic E-state index is 11.0. The fourth-order valence-corrected chi connectivity index (χ4v) is 1.44. The molecule has 1 heterocycles. The van der Waals surface area contributed by atoms with Gasteiger partial charge in [-0.2, -0.15) is 0 Å². The number of hydrogen-bond donors (Lipinski definition) is 4. The molecule has 7 heteroatoms. The molecule has 0 bridgehead atoms. The molecule has 0 saturated carbocycles. The van der Waals surface area contributed by atoms with Crippen molar-refractivity contribution in [3.8, 4) is 0 Å². The lowest BCUT2D eigenvalue weighted by molar-refractivity contribution is -0.142. The van der Waals surface area contributed by atoms with Gasteiger partial charge in [-0.05, 0) is 6.42 Å². The molecular formula is C10H15N3O4. The molecule has 0 amide bonds. The van der Waals surface area contributed by atoms with Gasteiger partial charge < -0.3 is 15.2 Å². The third kappa shape index (κ3) is 3.87. The van der Waals surface area contributed by atoms with E-state index in [1.54, 1.807) is 6.92 Å². The van der Waals surface area contributed by atoms with E-state index in [2.05, 4.69) is 15.3 Å². The molecule has 0 saturated heterocycles. The van der Waals surface area contributed by atoms with Gasteiger partial charge in [0.25, 0.3) is 0 Å². The van der Waals surface area contributed by atoms with Gasteiger partial charge in [0, 0.05) is 18.3 Å². The Bertz CT molecular complexity index is 377. The van der Waals surface area contributed by atoms with Crippen LogP contribution in [0.5, 0.6) is 0 Å². The van der Waals surface area contributed by atoms with Gasteiger partial charge in [0.05, 0.1) is 6.33 Å². The molecule has 0 aromatic carbocycles. The average Bonchev–Trinajstić information content (AvgIpc) is 2.75. The first-order valence-electron chi connectivity index (χ1n) is 5.23. The molecule has 0 fully saturated rings. The normalized spacial score (nSPS) is 14.2. The number of rotatable bonds is 7. The smallest absolute Gasteiger partial charge is 0.321 e. The van der Waals surface area contributed by atoms with Gasteiger partial charge >= 0.3 is 11.9 Å². The van der Waals surface area contributed by atoms with Crippen LogP contribution in [-0.2, 0) is 16.0 Å². The maximum Gasteiger partial charge on any atom is 0.321 e. The molecule has 0 spiro atoms. The molecule has 4 N–H and O–H groups in total. The highest BCUT2D eigenvalue weighted by atomic mass is 16.4. The van der Waals surface area contributed by atoms with Crippen molar-refractivity contribution in [1.29, 1.82) is 0 Å². The van der Waals surface area contributed by atoms with E-state index < -0.39 is 24.0 Å². The third-order valence-corrected chi connectivity index (χ3v) is 2.39.